The van der Waals surface area contributed by atoms with Gasteiger partial charge in [0.15, 0.2) is 0 Å². The molecule has 2 aromatic rings. The van der Waals surface area contributed by atoms with Gasteiger partial charge in [0.05, 0.1) is 0 Å². The van der Waals surface area contributed by atoms with Gasteiger partial charge in [-0.1, -0.05) is 18.2 Å². The minimum atomic E-state index is 0.640. The molecule has 0 spiro atoms. The molecular formula is C10H8NO. The van der Waals surface area contributed by atoms with Crippen molar-refractivity contribution in [1.29, 1.82) is 0 Å². The quantitative estimate of drug-likeness (QED) is 0.714. The number of nitrogens with one attached hydrogen (secondary N) is 1. The monoisotopic (exact) mass is 158 g/mol. The highest BCUT2D eigenvalue weighted by atomic mass is 16.5. The Morgan fingerprint density at radius 1 is 1.17 bits per heavy atom. The fourth-order valence-corrected chi connectivity index (χ4v) is 0.942. The lowest BCUT2D eigenvalue weighted by molar-refractivity contribution is 0.465. The van der Waals surface area contributed by atoms with Gasteiger partial charge < -0.3 is 9.72 Å². The molecule has 0 bridgehead atoms. The number of ether oxygens (including phenoxy) is 1. The number of hydrogen-bond acceptors (Lipinski definition) is 1. The van der Waals surface area contributed by atoms with Crippen molar-refractivity contribution in [2.24, 2.45) is 0 Å². The second-order valence-electron chi connectivity index (χ2n) is 2.37. The third-order valence-electron chi connectivity index (χ3n) is 1.48. The summed E-state index contributed by atoms with van der Waals surface area (Å²) in [6.45, 7) is 0. The molecule has 1 aromatic heterocycles. The first-order valence-corrected chi connectivity index (χ1v) is 3.73. The summed E-state index contributed by atoms with van der Waals surface area (Å²) in [5, 5.41) is 0. The van der Waals surface area contributed by atoms with Crippen LogP contribution < -0.4 is 4.74 Å². The molecule has 0 amide bonds. The zero-order chi connectivity index (χ0) is 8.23. The maximum Gasteiger partial charge on any atom is 0.205 e. The molecule has 0 atom stereocenters. The fraction of sp³-hybridized carbons (Fsp3) is 0. The zero-order valence-electron chi connectivity index (χ0n) is 6.45. The van der Waals surface area contributed by atoms with Gasteiger partial charge in [-0.05, 0) is 18.2 Å². The average molecular weight is 158 g/mol. The van der Waals surface area contributed by atoms with Crippen molar-refractivity contribution in [1.82, 2.24) is 4.98 Å². The van der Waals surface area contributed by atoms with E-state index in [0.717, 1.165) is 5.75 Å². The molecule has 2 heteroatoms. The van der Waals surface area contributed by atoms with E-state index in [4.69, 9.17) is 4.74 Å². The van der Waals surface area contributed by atoms with E-state index in [1.165, 1.54) is 0 Å². The molecule has 0 unspecified atom stereocenters. The number of hydrogen-bond donors (Lipinski definition) is 1. The lowest BCUT2D eigenvalue weighted by atomic mass is 10.3. The van der Waals surface area contributed by atoms with Gasteiger partial charge in [0, 0.05) is 12.3 Å². The summed E-state index contributed by atoms with van der Waals surface area (Å²) < 4.78 is 5.41. The van der Waals surface area contributed by atoms with Gasteiger partial charge in [-0.25, -0.2) is 0 Å². The molecule has 0 saturated heterocycles. The molecule has 1 heterocycles. The predicted molar refractivity (Wildman–Crippen MR) is 46.1 cm³/mol. The zero-order valence-corrected chi connectivity index (χ0v) is 6.45. The molecule has 0 saturated carbocycles. The molecule has 2 rings (SSSR count). The van der Waals surface area contributed by atoms with Crippen LogP contribution >= 0.6 is 0 Å². The summed E-state index contributed by atoms with van der Waals surface area (Å²) in [5.74, 6) is 1.46. The lowest BCUT2D eigenvalue weighted by Crippen LogP contribution is -1.81. The van der Waals surface area contributed by atoms with Gasteiger partial charge in [0.1, 0.15) is 5.75 Å². The smallest absolute Gasteiger partial charge is 0.205 e. The molecule has 1 radical (unpaired) electrons. The van der Waals surface area contributed by atoms with Crippen LogP contribution in [0, 0.1) is 6.07 Å². The van der Waals surface area contributed by atoms with Crippen molar-refractivity contribution >= 4 is 0 Å². The third kappa shape index (κ3) is 1.48. The van der Waals surface area contributed by atoms with Gasteiger partial charge in [0.25, 0.3) is 0 Å². The number of benzene rings is 1. The second kappa shape index (κ2) is 3.13. The van der Waals surface area contributed by atoms with E-state index in [0.29, 0.717) is 5.88 Å². The fourth-order valence-electron chi connectivity index (χ4n) is 0.942. The van der Waals surface area contributed by atoms with Crippen molar-refractivity contribution in [3.63, 3.8) is 0 Å². The number of rotatable bonds is 2. The predicted octanol–water partition coefficient (Wildman–Crippen LogP) is 2.61. The molecule has 1 aromatic carbocycles. The Morgan fingerprint density at radius 2 is 2.00 bits per heavy atom. The highest BCUT2D eigenvalue weighted by Crippen LogP contribution is 2.17. The topological polar surface area (TPSA) is 25.0 Å². The average Bonchev–Trinajstić information content (AvgIpc) is 2.59. The highest BCUT2D eigenvalue weighted by molar-refractivity contribution is 5.25. The van der Waals surface area contributed by atoms with Gasteiger partial charge in [-0.3, -0.25) is 0 Å². The Morgan fingerprint density at radius 3 is 2.67 bits per heavy atom. The number of para-hydroxylation sites is 1. The Balaban J connectivity index is 2.15. The van der Waals surface area contributed by atoms with Crippen LogP contribution in [0.5, 0.6) is 11.6 Å². The summed E-state index contributed by atoms with van der Waals surface area (Å²) in [5.41, 5.74) is 0. The van der Waals surface area contributed by atoms with Gasteiger partial charge >= 0.3 is 0 Å². The lowest BCUT2D eigenvalue weighted by Gasteiger charge is -2.00. The molecular weight excluding hydrogens is 150 g/mol. The van der Waals surface area contributed by atoms with Crippen LogP contribution in [0.15, 0.2) is 42.6 Å². The highest BCUT2D eigenvalue weighted by Gasteiger charge is 1.94. The Labute approximate surface area is 70.8 Å². The van der Waals surface area contributed by atoms with Crippen molar-refractivity contribution in [3.8, 4) is 11.6 Å². The normalized spacial score (nSPS) is 9.67. The van der Waals surface area contributed by atoms with Crippen LogP contribution in [0.25, 0.3) is 0 Å². The van der Waals surface area contributed by atoms with Crippen LogP contribution in [0.1, 0.15) is 0 Å². The number of aromatic nitrogens is 1. The minimum Gasteiger partial charge on any atom is -0.440 e. The third-order valence-corrected chi connectivity index (χ3v) is 1.48. The largest absolute Gasteiger partial charge is 0.440 e. The summed E-state index contributed by atoms with van der Waals surface area (Å²) in [7, 11) is 0. The van der Waals surface area contributed by atoms with Crippen molar-refractivity contribution < 1.29 is 4.74 Å². The van der Waals surface area contributed by atoms with Crippen molar-refractivity contribution in [2.45, 2.75) is 0 Å². The van der Waals surface area contributed by atoms with Gasteiger partial charge in [-0.15, -0.1) is 0 Å². The maximum atomic E-state index is 5.41. The first-order valence-electron chi connectivity index (χ1n) is 3.73. The van der Waals surface area contributed by atoms with Gasteiger partial charge in [0.2, 0.25) is 5.88 Å². The van der Waals surface area contributed by atoms with Crippen LogP contribution in [0.4, 0.5) is 0 Å². The molecule has 2 nitrogen and oxygen atoms in total. The molecule has 0 aliphatic rings. The van der Waals surface area contributed by atoms with E-state index >= 15 is 0 Å². The van der Waals surface area contributed by atoms with Crippen molar-refractivity contribution in [2.75, 3.05) is 0 Å². The number of H-pyrrole nitrogens is 1. The second-order valence-corrected chi connectivity index (χ2v) is 2.37. The summed E-state index contributed by atoms with van der Waals surface area (Å²) in [4.78, 5) is 2.91. The van der Waals surface area contributed by atoms with E-state index in [-0.39, 0.29) is 0 Å². The summed E-state index contributed by atoms with van der Waals surface area (Å²) in [6.07, 6.45) is 1.78. The SMILES string of the molecule is [c]1cc[nH]c1Oc1ccccc1. The molecule has 0 aliphatic heterocycles. The molecule has 12 heavy (non-hydrogen) atoms. The minimum absolute atomic E-state index is 0.640. The van der Waals surface area contributed by atoms with Gasteiger partial charge in [-0.2, -0.15) is 0 Å². The maximum absolute atomic E-state index is 5.41. The molecule has 59 valence electrons. The molecule has 0 fully saturated rings. The Kier molecular flexibility index (Phi) is 1.82. The first-order chi connectivity index (χ1) is 5.95. The Bertz CT molecular complexity index is 326. The van der Waals surface area contributed by atoms with Crippen LogP contribution in [0.3, 0.4) is 0 Å². The van der Waals surface area contributed by atoms with E-state index in [1.807, 2.05) is 30.3 Å². The van der Waals surface area contributed by atoms with Crippen LogP contribution in [-0.4, -0.2) is 4.98 Å². The van der Waals surface area contributed by atoms with Crippen molar-refractivity contribution in [3.05, 3.63) is 48.7 Å². The Hall–Kier alpha value is -1.70. The molecule has 1 N–H and O–H groups in total. The van der Waals surface area contributed by atoms with Crippen LogP contribution in [-0.2, 0) is 0 Å². The van der Waals surface area contributed by atoms with E-state index < -0.39 is 0 Å². The standard InChI is InChI=1S/C10H8NO/c1-2-5-9(6-3-1)12-10-7-4-8-11-10/h1-6,8,11H. The first kappa shape index (κ1) is 6.98. The number of aromatic amines is 1. The van der Waals surface area contributed by atoms with E-state index in [1.54, 1.807) is 12.3 Å². The van der Waals surface area contributed by atoms with E-state index in [9.17, 15) is 0 Å². The van der Waals surface area contributed by atoms with Crippen LogP contribution in [0.2, 0.25) is 0 Å². The van der Waals surface area contributed by atoms with E-state index in [2.05, 4.69) is 11.1 Å². The summed E-state index contributed by atoms with van der Waals surface area (Å²) >= 11 is 0. The molecule has 0 aliphatic carbocycles. The summed E-state index contributed by atoms with van der Waals surface area (Å²) in [6, 6.07) is 14.3.